The van der Waals surface area contributed by atoms with Crippen molar-refractivity contribution < 1.29 is 9.72 Å². The third-order valence-corrected chi connectivity index (χ3v) is 3.10. The van der Waals surface area contributed by atoms with E-state index in [1.807, 2.05) is 37.3 Å². The molecule has 1 amide bonds. The van der Waals surface area contributed by atoms with Crippen molar-refractivity contribution in [1.29, 1.82) is 0 Å². The van der Waals surface area contributed by atoms with E-state index in [9.17, 15) is 14.9 Å². The number of carbonyl (C=O) groups excluding carboxylic acids is 1. The lowest BCUT2D eigenvalue weighted by Crippen LogP contribution is -2.30. The van der Waals surface area contributed by atoms with Gasteiger partial charge in [-0.15, -0.1) is 0 Å². The van der Waals surface area contributed by atoms with Gasteiger partial charge in [-0.3, -0.25) is 19.6 Å². The van der Waals surface area contributed by atoms with Gasteiger partial charge in [0.05, 0.1) is 11.0 Å². The zero-order valence-corrected chi connectivity index (χ0v) is 11.8. The summed E-state index contributed by atoms with van der Waals surface area (Å²) in [4.78, 5) is 22.2. The standard InChI is InChI=1S/C14H16N4O3/c1-10(12-6-4-3-5-7-12)15-14(19)9-17-8-13(18(20)21)11(2)16-17/h3-8,10H,9H2,1-2H3,(H,15,19). The molecule has 0 aliphatic heterocycles. The second kappa shape index (κ2) is 6.17. The van der Waals surface area contributed by atoms with Gasteiger partial charge in [0.25, 0.3) is 0 Å². The molecule has 0 saturated carbocycles. The topological polar surface area (TPSA) is 90.1 Å². The van der Waals surface area contributed by atoms with Gasteiger partial charge in [-0.05, 0) is 19.4 Å². The summed E-state index contributed by atoms with van der Waals surface area (Å²) in [5, 5.41) is 17.5. The first-order valence-electron chi connectivity index (χ1n) is 6.50. The molecule has 2 aromatic rings. The molecule has 0 bridgehead atoms. The summed E-state index contributed by atoms with van der Waals surface area (Å²) in [7, 11) is 0. The Labute approximate surface area is 121 Å². The first-order valence-corrected chi connectivity index (χ1v) is 6.50. The van der Waals surface area contributed by atoms with Crippen LogP contribution in [-0.4, -0.2) is 20.6 Å². The van der Waals surface area contributed by atoms with E-state index in [-0.39, 0.29) is 24.2 Å². The van der Waals surface area contributed by atoms with E-state index in [4.69, 9.17) is 0 Å². The molecular formula is C14H16N4O3. The lowest BCUT2D eigenvalue weighted by atomic mass is 10.1. The summed E-state index contributed by atoms with van der Waals surface area (Å²) in [5.74, 6) is -0.247. The zero-order chi connectivity index (χ0) is 15.4. The van der Waals surface area contributed by atoms with E-state index in [1.54, 1.807) is 6.92 Å². The number of aryl methyl sites for hydroxylation is 1. The fourth-order valence-electron chi connectivity index (χ4n) is 2.03. The third-order valence-electron chi connectivity index (χ3n) is 3.10. The van der Waals surface area contributed by atoms with Crippen LogP contribution in [0.4, 0.5) is 5.69 Å². The molecule has 1 aromatic heterocycles. The van der Waals surface area contributed by atoms with Crippen LogP contribution in [0, 0.1) is 17.0 Å². The summed E-state index contributed by atoms with van der Waals surface area (Å²) in [5.41, 5.74) is 1.20. The Hall–Kier alpha value is -2.70. The summed E-state index contributed by atoms with van der Waals surface area (Å²) in [6.07, 6.45) is 1.27. The van der Waals surface area contributed by atoms with E-state index in [0.717, 1.165) is 5.56 Å². The van der Waals surface area contributed by atoms with Crippen LogP contribution in [0.3, 0.4) is 0 Å². The fraction of sp³-hybridized carbons (Fsp3) is 0.286. The van der Waals surface area contributed by atoms with Gasteiger partial charge in [-0.25, -0.2) is 0 Å². The number of carbonyl (C=O) groups is 1. The van der Waals surface area contributed by atoms with Crippen LogP contribution in [0.25, 0.3) is 0 Å². The number of nitrogens with one attached hydrogen (secondary N) is 1. The molecule has 1 atom stereocenters. The number of nitrogens with zero attached hydrogens (tertiary/aromatic N) is 3. The molecule has 0 fully saturated rings. The Kier molecular flexibility index (Phi) is 4.32. The van der Waals surface area contributed by atoms with Crippen LogP contribution < -0.4 is 5.32 Å². The molecule has 110 valence electrons. The third kappa shape index (κ3) is 3.65. The summed E-state index contributed by atoms with van der Waals surface area (Å²) >= 11 is 0. The van der Waals surface area contributed by atoms with Crippen molar-refractivity contribution in [3.05, 3.63) is 57.9 Å². The Morgan fingerprint density at radius 3 is 2.67 bits per heavy atom. The average molecular weight is 288 g/mol. The molecule has 1 N–H and O–H groups in total. The van der Waals surface area contributed by atoms with Crippen LogP contribution in [0.5, 0.6) is 0 Å². The molecule has 21 heavy (non-hydrogen) atoms. The van der Waals surface area contributed by atoms with Crippen molar-refractivity contribution in [2.24, 2.45) is 0 Å². The molecule has 0 aliphatic rings. The summed E-state index contributed by atoms with van der Waals surface area (Å²) in [6, 6.07) is 9.42. The average Bonchev–Trinajstić information content (AvgIpc) is 2.80. The minimum atomic E-state index is -0.511. The SMILES string of the molecule is Cc1nn(CC(=O)NC(C)c2ccccc2)cc1[N+](=O)[O-]. The quantitative estimate of drug-likeness (QED) is 0.672. The largest absolute Gasteiger partial charge is 0.348 e. The molecule has 0 saturated heterocycles. The number of nitro groups is 1. The number of hydrogen-bond donors (Lipinski definition) is 1. The van der Waals surface area contributed by atoms with Crippen LogP contribution in [0.2, 0.25) is 0 Å². The van der Waals surface area contributed by atoms with Gasteiger partial charge in [0.2, 0.25) is 5.91 Å². The second-order valence-electron chi connectivity index (χ2n) is 4.75. The molecule has 0 spiro atoms. The minimum absolute atomic E-state index is 0.0497. The van der Waals surface area contributed by atoms with E-state index in [0.29, 0.717) is 5.69 Å². The molecule has 2 rings (SSSR count). The monoisotopic (exact) mass is 288 g/mol. The number of amides is 1. The molecule has 0 aliphatic carbocycles. The summed E-state index contributed by atoms with van der Waals surface area (Å²) in [6.45, 7) is 3.37. The maximum atomic E-state index is 11.9. The van der Waals surface area contributed by atoms with Gasteiger partial charge >= 0.3 is 5.69 Å². The Morgan fingerprint density at radius 2 is 2.10 bits per heavy atom. The molecule has 1 aromatic carbocycles. The smallest absolute Gasteiger partial charge is 0.309 e. The zero-order valence-electron chi connectivity index (χ0n) is 11.8. The molecule has 7 nitrogen and oxygen atoms in total. The predicted molar refractivity (Wildman–Crippen MR) is 76.6 cm³/mol. The molecular weight excluding hydrogens is 272 g/mol. The van der Waals surface area contributed by atoms with Gasteiger partial charge in [0, 0.05) is 0 Å². The van der Waals surface area contributed by atoms with Crippen molar-refractivity contribution in [3.63, 3.8) is 0 Å². The van der Waals surface area contributed by atoms with Gasteiger partial charge < -0.3 is 5.32 Å². The Bertz CT molecular complexity index is 651. The molecule has 7 heteroatoms. The van der Waals surface area contributed by atoms with Crippen LogP contribution in [0.1, 0.15) is 24.2 Å². The van der Waals surface area contributed by atoms with E-state index in [2.05, 4.69) is 10.4 Å². The van der Waals surface area contributed by atoms with Crippen molar-refractivity contribution in [3.8, 4) is 0 Å². The Morgan fingerprint density at radius 1 is 1.43 bits per heavy atom. The highest BCUT2D eigenvalue weighted by molar-refractivity contribution is 5.76. The van der Waals surface area contributed by atoms with Crippen molar-refractivity contribution in [2.45, 2.75) is 26.4 Å². The van der Waals surface area contributed by atoms with Gasteiger partial charge in [0.15, 0.2) is 0 Å². The normalized spacial score (nSPS) is 11.9. The number of rotatable bonds is 5. The first-order chi connectivity index (χ1) is 9.97. The summed E-state index contributed by atoms with van der Waals surface area (Å²) < 4.78 is 1.28. The maximum Gasteiger partial charge on any atom is 0.309 e. The maximum absolute atomic E-state index is 11.9. The predicted octanol–water partition coefficient (Wildman–Crippen LogP) is 1.98. The van der Waals surface area contributed by atoms with E-state index < -0.39 is 4.92 Å². The molecule has 0 radical (unpaired) electrons. The van der Waals surface area contributed by atoms with Crippen molar-refractivity contribution in [2.75, 3.05) is 0 Å². The highest BCUT2D eigenvalue weighted by Crippen LogP contribution is 2.15. The minimum Gasteiger partial charge on any atom is -0.348 e. The second-order valence-corrected chi connectivity index (χ2v) is 4.75. The lowest BCUT2D eigenvalue weighted by Gasteiger charge is -2.14. The highest BCUT2D eigenvalue weighted by Gasteiger charge is 2.17. The first kappa shape index (κ1) is 14.7. The van der Waals surface area contributed by atoms with Gasteiger partial charge in [-0.1, -0.05) is 30.3 Å². The van der Waals surface area contributed by atoms with Gasteiger partial charge in [-0.2, -0.15) is 5.10 Å². The number of hydrogen-bond acceptors (Lipinski definition) is 4. The molecule has 1 heterocycles. The highest BCUT2D eigenvalue weighted by atomic mass is 16.6. The molecule has 1 unspecified atom stereocenters. The van der Waals surface area contributed by atoms with Gasteiger partial charge in [0.1, 0.15) is 18.4 Å². The van der Waals surface area contributed by atoms with E-state index >= 15 is 0 Å². The lowest BCUT2D eigenvalue weighted by molar-refractivity contribution is -0.385. The Balaban J connectivity index is 1.99. The van der Waals surface area contributed by atoms with Crippen LogP contribution in [0.15, 0.2) is 36.5 Å². The van der Waals surface area contributed by atoms with Crippen LogP contribution >= 0.6 is 0 Å². The van der Waals surface area contributed by atoms with Crippen LogP contribution in [-0.2, 0) is 11.3 Å². The fourth-order valence-corrected chi connectivity index (χ4v) is 2.03. The van der Waals surface area contributed by atoms with E-state index in [1.165, 1.54) is 10.9 Å². The van der Waals surface area contributed by atoms with Crippen molar-refractivity contribution >= 4 is 11.6 Å². The number of benzene rings is 1. The number of aromatic nitrogens is 2. The van der Waals surface area contributed by atoms with Crippen molar-refractivity contribution in [1.82, 2.24) is 15.1 Å².